The maximum atomic E-state index is 13.5. The van der Waals surface area contributed by atoms with Crippen molar-refractivity contribution in [2.45, 2.75) is 39.0 Å². The summed E-state index contributed by atoms with van der Waals surface area (Å²) in [6.45, 7) is 1.93. The molecule has 6 heteroatoms. The van der Waals surface area contributed by atoms with Gasteiger partial charge >= 0.3 is 0 Å². The van der Waals surface area contributed by atoms with Gasteiger partial charge in [0.25, 0.3) is 0 Å². The van der Waals surface area contributed by atoms with Crippen LogP contribution in [0.25, 0.3) is 0 Å². The highest BCUT2D eigenvalue weighted by atomic mass is 35.7. The maximum absolute atomic E-state index is 13.5. The Kier molecular flexibility index (Phi) is 5.15. The van der Waals surface area contributed by atoms with Gasteiger partial charge in [-0.2, -0.15) is 0 Å². The fourth-order valence-corrected chi connectivity index (χ4v) is 4.70. The molecule has 118 valence electrons. The van der Waals surface area contributed by atoms with Crippen molar-refractivity contribution in [3.05, 3.63) is 29.6 Å². The van der Waals surface area contributed by atoms with Crippen LogP contribution in [0.3, 0.4) is 0 Å². The SMILES string of the molecule is Cc1ccc(OCC2(CS(=O)(=O)Cl)CCCCC2)cc1F. The Morgan fingerprint density at radius 2 is 1.95 bits per heavy atom. The summed E-state index contributed by atoms with van der Waals surface area (Å²) >= 11 is 0. The first-order chi connectivity index (χ1) is 9.80. The van der Waals surface area contributed by atoms with Crippen LogP contribution in [0.15, 0.2) is 18.2 Å². The molecule has 1 fully saturated rings. The monoisotopic (exact) mass is 334 g/mol. The van der Waals surface area contributed by atoms with Crippen LogP contribution < -0.4 is 4.74 Å². The minimum atomic E-state index is -3.58. The molecular weight excluding hydrogens is 315 g/mol. The van der Waals surface area contributed by atoms with E-state index in [4.69, 9.17) is 15.4 Å². The highest BCUT2D eigenvalue weighted by Gasteiger charge is 2.37. The molecule has 0 radical (unpaired) electrons. The van der Waals surface area contributed by atoms with Crippen molar-refractivity contribution in [2.75, 3.05) is 12.4 Å². The molecule has 1 aromatic rings. The first kappa shape index (κ1) is 16.6. The Morgan fingerprint density at radius 3 is 2.52 bits per heavy atom. The lowest BCUT2D eigenvalue weighted by Crippen LogP contribution is -2.36. The summed E-state index contributed by atoms with van der Waals surface area (Å²) in [5, 5.41) is 0. The summed E-state index contributed by atoms with van der Waals surface area (Å²) < 4.78 is 42.1. The van der Waals surface area contributed by atoms with Gasteiger partial charge in [0.15, 0.2) is 0 Å². The molecule has 0 saturated heterocycles. The van der Waals surface area contributed by atoms with Crippen LogP contribution >= 0.6 is 10.7 Å². The quantitative estimate of drug-likeness (QED) is 0.763. The third-order valence-corrected chi connectivity index (χ3v) is 5.37. The van der Waals surface area contributed by atoms with Gasteiger partial charge in [0.1, 0.15) is 11.6 Å². The Morgan fingerprint density at radius 1 is 1.29 bits per heavy atom. The summed E-state index contributed by atoms with van der Waals surface area (Å²) in [6.07, 6.45) is 4.58. The second-order valence-electron chi connectivity index (χ2n) is 5.94. The minimum Gasteiger partial charge on any atom is -0.493 e. The lowest BCUT2D eigenvalue weighted by Gasteiger charge is -2.35. The van der Waals surface area contributed by atoms with Crippen molar-refractivity contribution in [3.63, 3.8) is 0 Å². The number of aryl methyl sites for hydroxylation is 1. The first-order valence-corrected chi connectivity index (χ1v) is 9.59. The standard InChI is InChI=1S/C15H20ClFO3S/c1-12-5-6-13(9-14(12)17)20-10-15(11-21(16,18)19)7-3-2-4-8-15/h5-6,9H,2-4,7-8,10-11H2,1H3. The van der Waals surface area contributed by atoms with E-state index in [0.717, 1.165) is 32.1 Å². The predicted octanol–water partition coefficient (Wildman–Crippen LogP) is 4.03. The van der Waals surface area contributed by atoms with Crippen LogP contribution in [0.1, 0.15) is 37.7 Å². The second kappa shape index (κ2) is 6.53. The lowest BCUT2D eigenvalue weighted by atomic mass is 9.76. The molecule has 0 heterocycles. The zero-order chi connectivity index (χ0) is 15.5. The summed E-state index contributed by atoms with van der Waals surface area (Å²) in [5.41, 5.74) is 0.0956. The lowest BCUT2D eigenvalue weighted by molar-refractivity contribution is 0.119. The molecule has 0 amide bonds. The second-order valence-corrected chi connectivity index (χ2v) is 8.72. The molecule has 0 atom stereocenters. The minimum absolute atomic E-state index is 0.0874. The van der Waals surface area contributed by atoms with Gasteiger partial charge in [-0.1, -0.05) is 25.3 Å². The normalized spacial score (nSPS) is 18.4. The molecular formula is C15H20ClFO3S. The van der Waals surface area contributed by atoms with Crippen LogP contribution in [-0.4, -0.2) is 20.8 Å². The van der Waals surface area contributed by atoms with E-state index in [0.29, 0.717) is 11.3 Å². The van der Waals surface area contributed by atoms with Crippen molar-refractivity contribution in [3.8, 4) is 5.75 Å². The van der Waals surface area contributed by atoms with Gasteiger partial charge in [-0.15, -0.1) is 0 Å². The summed E-state index contributed by atoms with van der Waals surface area (Å²) in [5.74, 6) is 0.0146. The fraction of sp³-hybridized carbons (Fsp3) is 0.600. The molecule has 1 aliphatic carbocycles. The largest absolute Gasteiger partial charge is 0.493 e. The summed E-state index contributed by atoms with van der Waals surface area (Å²) in [7, 11) is 1.86. The number of hydrogen-bond acceptors (Lipinski definition) is 3. The van der Waals surface area contributed by atoms with Gasteiger partial charge in [-0.05, 0) is 31.4 Å². The molecule has 1 aliphatic rings. The Balaban J connectivity index is 2.10. The third kappa shape index (κ3) is 4.85. The van der Waals surface area contributed by atoms with Crippen LogP contribution in [0.5, 0.6) is 5.75 Å². The van der Waals surface area contributed by atoms with Crippen molar-refractivity contribution in [2.24, 2.45) is 5.41 Å². The van der Waals surface area contributed by atoms with Gasteiger partial charge in [0.2, 0.25) is 9.05 Å². The van der Waals surface area contributed by atoms with Crippen LogP contribution in [-0.2, 0) is 9.05 Å². The highest BCUT2D eigenvalue weighted by molar-refractivity contribution is 8.13. The van der Waals surface area contributed by atoms with Crippen LogP contribution in [0, 0.1) is 18.2 Å². The van der Waals surface area contributed by atoms with E-state index >= 15 is 0 Å². The zero-order valence-electron chi connectivity index (χ0n) is 12.1. The van der Waals surface area contributed by atoms with E-state index in [2.05, 4.69) is 0 Å². The van der Waals surface area contributed by atoms with Gasteiger partial charge in [-0.3, -0.25) is 0 Å². The van der Waals surface area contributed by atoms with E-state index < -0.39 is 14.5 Å². The van der Waals surface area contributed by atoms with Gasteiger partial charge in [-0.25, -0.2) is 12.8 Å². The first-order valence-electron chi connectivity index (χ1n) is 7.11. The Bertz CT molecular complexity index is 595. The smallest absolute Gasteiger partial charge is 0.233 e. The fourth-order valence-electron chi connectivity index (χ4n) is 2.90. The molecule has 3 nitrogen and oxygen atoms in total. The molecule has 1 saturated carbocycles. The average Bonchev–Trinajstić information content (AvgIpc) is 2.39. The number of hydrogen-bond donors (Lipinski definition) is 0. The molecule has 0 N–H and O–H groups in total. The molecule has 1 aromatic carbocycles. The maximum Gasteiger partial charge on any atom is 0.233 e. The number of ether oxygens (including phenoxy) is 1. The highest BCUT2D eigenvalue weighted by Crippen LogP contribution is 2.38. The summed E-state index contributed by atoms with van der Waals surface area (Å²) in [4.78, 5) is 0. The Hall–Kier alpha value is -0.810. The summed E-state index contributed by atoms with van der Waals surface area (Å²) in [6, 6.07) is 4.68. The van der Waals surface area contributed by atoms with Crippen LogP contribution in [0.4, 0.5) is 4.39 Å². The van der Waals surface area contributed by atoms with Crippen molar-refractivity contribution < 1.29 is 17.5 Å². The van der Waals surface area contributed by atoms with E-state index in [1.807, 2.05) is 0 Å². The number of halogens is 2. The van der Waals surface area contributed by atoms with Crippen molar-refractivity contribution in [1.29, 1.82) is 0 Å². The van der Waals surface area contributed by atoms with E-state index in [-0.39, 0.29) is 18.2 Å². The number of benzene rings is 1. The van der Waals surface area contributed by atoms with E-state index in [1.54, 1.807) is 19.1 Å². The third-order valence-electron chi connectivity index (χ3n) is 4.08. The molecule has 21 heavy (non-hydrogen) atoms. The molecule has 0 aliphatic heterocycles. The average molecular weight is 335 g/mol. The van der Waals surface area contributed by atoms with E-state index in [9.17, 15) is 12.8 Å². The molecule has 0 bridgehead atoms. The molecule has 2 rings (SSSR count). The predicted molar refractivity (Wildman–Crippen MR) is 81.8 cm³/mol. The van der Waals surface area contributed by atoms with E-state index in [1.165, 1.54) is 6.07 Å². The van der Waals surface area contributed by atoms with Gasteiger partial charge in [0.05, 0.1) is 12.4 Å². The molecule has 0 aromatic heterocycles. The molecule has 0 spiro atoms. The topological polar surface area (TPSA) is 43.4 Å². The van der Waals surface area contributed by atoms with Gasteiger partial charge in [0, 0.05) is 22.2 Å². The zero-order valence-corrected chi connectivity index (χ0v) is 13.6. The molecule has 0 unspecified atom stereocenters. The van der Waals surface area contributed by atoms with Crippen LogP contribution in [0.2, 0.25) is 0 Å². The van der Waals surface area contributed by atoms with Gasteiger partial charge < -0.3 is 4.74 Å². The Labute approximate surface area is 129 Å². The van der Waals surface area contributed by atoms with Crippen molar-refractivity contribution >= 4 is 19.7 Å². The van der Waals surface area contributed by atoms with Crippen molar-refractivity contribution in [1.82, 2.24) is 0 Å². The number of rotatable bonds is 5.